The van der Waals surface area contributed by atoms with E-state index in [0.717, 1.165) is 30.1 Å². The maximum absolute atomic E-state index is 12.1. The van der Waals surface area contributed by atoms with Crippen LogP contribution in [0.1, 0.15) is 28.5 Å². The lowest BCUT2D eigenvalue weighted by Gasteiger charge is -2.18. The zero-order valence-corrected chi connectivity index (χ0v) is 16.7. The Labute approximate surface area is 170 Å². The van der Waals surface area contributed by atoms with Gasteiger partial charge < -0.3 is 10.1 Å². The number of hydrogen-bond donors (Lipinski definition) is 1. The molecule has 0 unspecified atom stereocenters. The Morgan fingerprint density at radius 2 is 1.93 bits per heavy atom. The second kappa shape index (κ2) is 10.3. The zero-order chi connectivity index (χ0) is 20.5. The number of aromatic nitrogens is 3. The van der Waals surface area contributed by atoms with E-state index in [4.69, 9.17) is 4.74 Å². The third-order valence-electron chi connectivity index (χ3n) is 4.23. The summed E-state index contributed by atoms with van der Waals surface area (Å²) < 4.78 is 5.97. The molecule has 2 heterocycles. The predicted octanol–water partition coefficient (Wildman–Crippen LogP) is 2.70. The van der Waals surface area contributed by atoms with Gasteiger partial charge in [-0.05, 0) is 43.8 Å². The first-order chi connectivity index (χ1) is 14.1. The van der Waals surface area contributed by atoms with Crippen molar-refractivity contribution in [2.45, 2.75) is 26.1 Å². The molecule has 0 saturated carbocycles. The standard InChI is InChI=1S/C22H25N5O2/c1-17(13-26-22(28)19-6-8-23-9-7-19)29-21-5-3-4-18(12-21)15-27(2)16-20-14-24-10-11-25-20/h3-12,14,17H,13,15-16H2,1-2H3,(H,26,28)/t17-/m1/s1. The number of carbonyl (C=O) groups excluding carboxylic acids is 1. The molecule has 1 N–H and O–H groups in total. The van der Waals surface area contributed by atoms with Crippen molar-refractivity contribution in [3.05, 3.63) is 84.2 Å². The predicted molar refractivity (Wildman–Crippen MR) is 110 cm³/mol. The molecule has 0 aliphatic heterocycles. The van der Waals surface area contributed by atoms with Gasteiger partial charge in [-0.25, -0.2) is 0 Å². The molecule has 0 bridgehead atoms. The topological polar surface area (TPSA) is 80.2 Å². The molecule has 3 aromatic rings. The summed E-state index contributed by atoms with van der Waals surface area (Å²) in [6.45, 7) is 3.83. The Morgan fingerprint density at radius 3 is 2.69 bits per heavy atom. The van der Waals surface area contributed by atoms with Crippen molar-refractivity contribution < 1.29 is 9.53 Å². The van der Waals surface area contributed by atoms with E-state index in [9.17, 15) is 4.79 Å². The summed E-state index contributed by atoms with van der Waals surface area (Å²) >= 11 is 0. The van der Waals surface area contributed by atoms with Crippen LogP contribution >= 0.6 is 0 Å². The Morgan fingerprint density at radius 1 is 1.10 bits per heavy atom. The van der Waals surface area contributed by atoms with Crippen molar-refractivity contribution in [3.8, 4) is 5.75 Å². The van der Waals surface area contributed by atoms with E-state index in [2.05, 4.69) is 31.2 Å². The SMILES string of the molecule is C[C@H](CNC(=O)c1ccncc1)Oc1cccc(CN(C)Cc2cnccn2)c1. The second-order valence-corrected chi connectivity index (χ2v) is 6.89. The minimum atomic E-state index is -0.159. The molecule has 7 heteroatoms. The van der Waals surface area contributed by atoms with Gasteiger partial charge in [0, 0.05) is 49.6 Å². The highest BCUT2D eigenvalue weighted by atomic mass is 16.5. The van der Waals surface area contributed by atoms with Crippen LogP contribution in [0.5, 0.6) is 5.75 Å². The van der Waals surface area contributed by atoms with E-state index in [1.54, 1.807) is 43.1 Å². The third kappa shape index (κ3) is 6.65. The Bertz CT molecular complexity index is 905. The molecule has 0 saturated heterocycles. The van der Waals surface area contributed by atoms with Gasteiger partial charge in [-0.15, -0.1) is 0 Å². The molecule has 7 nitrogen and oxygen atoms in total. The lowest BCUT2D eigenvalue weighted by molar-refractivity contribution is 0.0932. The molecule has 0 spiro atoms. The molecule has 0 aliphatic carbocycles. The van der Waals surface area contributed by atoms with Gasteiger partial charge >= 0.3 is 0 Å². The molecule has 1 atom stereocenters. The molecule has 150 valence electrons. The fraction of sp³-hybridized carbons (Fsp3) is 0.273. The Kier molecular flexibility index (Phi) is 7.24. The van der Waals surface area contributed by atoms with Crippen LogP contribution in [-0.2, 0) is 13.1 Å². The highest BCUT2D eigenvalue weighted by Gasteiger charge is 2.10. The van der Waals surface area contributed by atoms with Crippen molar-refractivity contribution in [2.24, 2.45) is 0 Å². The molecule has 0 fully saturated rings. The summed E-state index contributed by atoms with van der Waals surface area (Å²) in [4.78, 5) is 26.6. The van der Waals surface area contributed by atoms with Gasteiger partial charge in [0.1, 0.15) is 11.9 Å². The fourth-order valence-electron chi connectivity index (χ4n) is 2.89. The number of amides is 1. The summed E-state index contributed by atoms with van der Waals surface area (Å²) in [5.74, 6) is 0.642. The van der Waals surface area contributed by atoms with Crippen LogP contribution in [0.4, 0.5) is 0 Å². The van der Waals surface area contributed by atoms with Gasteiger partial charge in [0.25, 0.3) is 5.91 Å². The number of ether oxygens (including phenoxy) is 1. The van der Waals surface area contributed by atoms with Gasteiger partial charge in [0.05, 0.1) is 12.2 Å². The van der Waals surface area contributed by atoms with Gasteiger partial charge in [-0.1, -0.05) is 12.1 Å². The number of rotatable bonds is 9. The Hall–Kier alpha value is -3.32. The summed E-state index contributed by atoms with van der Waals surface area (Å²) in [6, 6.07) is 11.4. The quantitative estimate of drug-likeness (QED) is 0.604. The highest BCUT2D eigenvalue weighted by Crippen LogP contribution is 2.16. The zero-order valence-electron chi connectivity index (χ0n) is 16.7. The lowest BCUT2D eigenvalue weighted by atomic mass is 10.2. The molecule has 3 rings (SSSR count). The van der Waals surface area contributed by atoms with Gasteiger partial charge in [-0.2, -0.15) is 0 Å². The van der Waals surface area contributed by atoms with Crippen molar-refractivity contribution in [1.29, 1.82) is 0 Å². The second-order valence-electron chi connectivity index (χ2n) is 6.89. The highest BCUT2D eigenvalue weighted by molar-refractivity contribution is 5.93. The van der Waals surface area contributed by atoms with Gasteiger partial charge in [0.15, 0.2) is 0 Å². The van der Waals surface area contributed by atoms with E-state index >= 15 is 0 Å². The summed E-state index contributed by atoms with van der Waals surface area (Å²) in [5, 5.41) is 2.88. The van der Waals surface area contributed by atoms with Gasteiger partial charge in [-0.3, -0.25) is 24.6 Å². The van der Waals surface area contributed by atoms with E-state index in [0.29, 0.717) is 12.1 Å². The minimum absolute atomic E-state index is 0.137. The van der Waals surface area contributed by atoms with Crippen LogP contribution < -0.4 is 10.1 Å². The number of pyridine rings is 1. The smallest absolute Gasteiger partial charge is 0.251 e. The minimum Gasteiger partial charge on any atom is -0.489 e. The lowest BCUT2D eigenvalue weighted by Crippen LogP contribution is -2.33. The average molecular weight is 391 g/mol. The van der Waals surface area contributed by atoms with Crippen molar-refractivity contribution >= 4 is 5.91 Å². The molecule has 29 heavy (non-hydrogen) atoms. The molecular formula is C22H25N5O2. The average Bonchev–Trinajstić information content (AvgIpc) is 2.73. The van der Waals surface area contributed by atoms with E-state index in [1.165, 1.54) is 0 Å². The number of nitrogens with zero attached hydrogens (tertiary/aromatic N) is 4. The maximum Gasteiger partial charge on any atom is 0.251 e. The molecule has 2 aromatic heterocycles. The third-order valence-corrected chi connectivity index (χ3v) is 4.23. The fourth-order valence-corrected chi connectivity index (χ4v) is 2.89. The van der Waals surface area contributed by atoms with E-state index in [-0.39, 0.29) is 12.0 Å². The number of benzene rings is 1. The van der Waals surface area contributed by atoms with Crippen LogP contribution in [0.2, 0.25) is 0 Å². The molecule has 1 amide bonds. The molecule has 1 aromatic carbocycles. The van der Waals surface area contributed by atoms with Crippen molar-refractivity contribution in [2.75, 3.05) is 13.6 Å². The first kappa shape index (κ1) is 20.4. The summed E-state index contributed by atoms with van der Waals surface area (Å²) in [5.41, 5.74) is 2.66. The number of hydrogen-bond acceptors (Lipinski definition) is 6. The first-order valence-electron chi connectivity index (χ1n) is 9.47. The number of carbonyl (C=O) groups is 1. The summed E-state index contributed by atoms with van der Waals surface area (Å²) in [7, 11) is 2.04. The van der Waals surface area contributed by atoms with Crippen LogP contribution in [0.25, 0.3) is 0 Å². The van der Waals surface area contributed by atoms with E-state index in [1.807, 2.05) is 32.2 Å². The monoisotopic (exact) mass is 391 g/mol. The molecule has 0 aliphatic rings. The van der Waals surface area contributed by atoms with E-state index < -0.39 is 0 Å². The summed E-state index contributed by atoms with van der Waals surface area (Å²) in [6.07, 6.45) is 8.19. The molecular weight excluding hydrogens is 366 g/mol. The Balaban J connectivity index is 1.49. The maximum atomic E-state index is 12.1. The van der Waals surface area contributed by atoms with Crippen LogP contribution in [0, 0.1) is 0 Å². The van der Waals surface area contributed by atoms with Crippen LogP contribution in [0.3, 0.4) is 0 Å². The number of nitrogens with one attached hydrogen (secondary N) is 1. The van der Waals surface area contributed by atoms with Gasteiger partial charge in [0.2, 0.25) is 0 Å². The van der Waals surface area contributed by atoms with Crippen LogP contribution in [-0.4, -0.2) is 45.5 Å². The van der Waals surface area contributed by atoms with Crippen LogP contribution in [0.15, 0.2) is 67.4 Å². The normalized spacial score (nSPS) is 11.8. The van der Waals surface area contributed by atoms with Crippen molar-refractivity contribution in [3.63, 3.8) is 0 Å². The largest absolute Gasteiger partial charge is 0.489 e. The molecule has 0 radical (unpaired) electrons. The first-order valence-corrected chi connectivity index (χ1v) is 9.47. The van der Waals surface area contributed by atoms with Crippen molar-refractivity contribution in [1.82, 2.24) is 25.2 Å².